The topological polar surface area (TPSA) is 60.5 Å². The molecule has 0 aliphatic rings. The zero-order chi connectivity index (χ0) is 14.7. The number of rotatable bonds is 4. The van der Waals surface area contributed by atoms with Gasteiger partial charge in [0.1, 0.15) is 5.75 Å². The Kier molecular flexibility index (Phi) is 4.85. The molecule has 1 heterocycles. The van der Waals surface area contributed by atoms with E-state index in [4.69, 9.17) is 16.3 Å². The molecule has 0 amide bonds. The van der Waals surface area contributed by atoms with Crippen molar-refractivity contribution in [3.8, 4) is 5.75 Å². The van der Waals surface area contributed by atoms with Crippen LogP contribution in [-0.4, -0.2) is 25.2 Å². The zero-order valence-corrected chi connectivity index (χ0v) is 13.7. The molecule has 0 spiro atoms. The standard InChI is InChI=1S/C12H10BrClN2O3S/c1-18-6-3-4-7(13)8(5-6)15-12-16-10(14)9(20-12)11(17)19-2/h3-5H,1-2H3,(H,15,16). The van der Waals surface area contributed by atoms with Gasteiger partial charge in [0, 0.05) is 10.5 Å². The number of aromatic nitrogens is 1. The van der Waals surface area contributed by atoms with Crippen LogP contribution in [0.1, 0.15) is 9.67 Å². The Morgan fingerprint density at radius 3 is 2.85 bits per heavy atom. The second-order valence-electron chi connectivity index (χ2n) is 3.60. The third-order valence-corrected chi connectivity index (χ3v) is 4.40. The summed E-state index contributed by atoms with van der Waals surface area (Å²) >= 11 is 10.4. The number of thiazole rings is 1. The van der Waals surface area contributed by atoms with E-state index in [0.717, 1.165) is 21.5 Å². The quantitative estimate of drug-likeness (QED) is 0.813. The normalized spacial score (nSPS) is 10.2. The summed E-state index contributed by atoms with van der Waals surface area (Å²) in [4.78, 5) is 15.8. The minimum absolute atomic E-state index is 0.114. The molecule has 0 atom stereocenters. The van der Waals surface area contributed by atoms with Crippen molar-refractivity contribution in [3.63, 3.8) is 0 Å². The van der Waals surface area contributed by atoms with Crippen LogP contribution in [0.5, 0.6) is 5.75 Å². The molecule has 0 bridgehead atoms. The molecule has 0 aliphatic carbocycles. The summed E-state index contributed by atoms with van der Waals surface area (Å²) in [6.45, 7) is 0. The van der Waals surface area contributed by atoms with Crippen LogP contribution in [0.4, 0.5) is 10.8 Å². The Labute approximate surface area is 133 Å². The van der Waals surface area contributed by atoms with E-state index in [1.165, 1.54) is 7.11 Å². The summed E-state index contributed by atoms with van der Waals surface area (Å²) in [7, 11) is 2.88. The lowest BCUT2D eigenvalue weighted by Gasteiger charge is -2.07. The molecule has 1 aromatic carbocycles. The van der Waals surface area contributed by atoms with Crippen LogP contribution in [0.2, 0.25) is 5.15 Å². The van der Waals surface area contributed by atoms with E-state index in [9.17, 15) is 4.79 Å². The number of ether oxygens (including phenoxy) is 2. The average molecular weight is 378 g/mol. The van der Waals surface area contributed by atoms with Crippen LogP contribution in [0.15, 0.2) is 22.7 Å². The van der Waals surface area contributed by atoms with Gasteiger partial charge in [0.15, 0.2) is 15.2 Å². The van der Waals surface area contributed by atoms with Crippen molar-refractivity contribution in [2.24, 2.45) is 0 Å². The largest absolute Gasteiger partial charge is 0.497 e. The molecular formula is C12H10BrClN2O3S. The second kappa shape index (κ2) is 6.43. The lowest BCUT2D eigenvalue weighted by atomic mass is 10.3. The maximum absolute atomic E-state index is 11.5. The van der Waals surface area contributed by atoms with E-state index >= 15 is 0 Å². The molecule has 1 aromatic heterocycles. The molecule has 0 saturated heterocycles. The molecule has 0 fully saturated rings. The first-order valence-electron chi connectivity index (χ1n) is 5.40. The molecule has 8 heteroatoms. The maximum atomic E-state index is 11.5. The summed E-state index contributed by atoms with van der Waals surface area (Å²) in [6, 6.07) is 5.47. The summed E-state index contributed by atoms with van der Waals surface area (Å²) in [6.07, 6.45) is 0. The van der Waals surface area contributed by atoms with Gasteiger partial charge in [-0.25, -0.2) is 9.78 Å². The predicted molar refractivity (Wildman–Crippen MR) is 82.4 cm³/mol. The van der Waals surface area contributed by atoms with E-state index < -0.39 is 5.97 Å². The summed E-state index contributed by atoms with van der Waals surface area (Å²) in [5.74, 6) is 0.191. The number of hydrogen-bond acceptors (Lipinski definition) is 6. The van der Waals surface area contributed by atoms with Crippen molar-refractivity contribution in [2.45, 2.75) is 0 Å². The number of nitrogens with one attached hydrogen (secondary N) is 1. The van der Waals surface area contributed by atoms with Gasteiger partial charge in [0.25, 0.3) is 0 Å². The van der Waals surface area contributed by atoms with Crippen LogP contribution >= 0.6 is 38.9 Å². The zero-order valence-electron chi connectivity index (χ0n) is 10.6. The van der Waals surface area contributed by atoms with Crippen molar-refractivity contribution in [3.05, 3.63) is 32.7 Å². The third-order valence-electron chi connectivity index (χ3n) is 2.37. The van der Waals surface area contributed by atoms with Crippen LogP contribution in [0, 0.1) is 0 Å². The first kappa shape index (κ1) is 15.1. The summed E-state index contributed by atoms with van der Waals surface area (Å²) < 4.78 is 10.6. The number of halogens is 2. The minimum Gasteiger partial charge on any atom is -0.497 e. The lowest BCUT2D eigenvalue weighted by molar-refractivity contribution is 0.0606. The highest BCUT2D eigenvalue weighted by molar-refractivity contribution is 9.10. The smallest absolute Gasteiger partial charge is 0.351 e. The Bertz CT molecular complexity index is 648. The van der Waals surface area contributed by atoms with Gasteiger partial charge in [-0.05, 0) is 28.1 Å². The number of methoxy groups -OCH3 is 2. The molecule has 2 rings (SSSR count). The lowest BCUT2D eigenvalue weighted by Crippen LogP contribution is -1.98. The molecule has 20 heavy (non-hydrogen) atoms. The summed E-state index contributed by atoms with van der Waals surface area (Å²) in [5.41, 5.74) is 0.756. The van der Waals surface area contributed by atoms with Gasteiger partial charge in [-0.3, -0.25) is 0 Å². The fraction of sp³-hybridized carbons (Fsp3) is 0.167. The Morgan fingerprint density at radius 2 is 2.20 bits per heavy atom. The van der Waals surface area contributed by atoms with Gasteiger partial charge in [-0.15, -0.1) is 0 Å². The fourth-order valence-electron chi connectivity index (χ4n) is 1.42. The average Bonchev–Trinajstić information content (AvgIpc) is 2.81. The van der Waals surface area contributed by atoms with Gasteiger partial charge in [0.05, 0.1) is 19.9 Å². The van der Waals surface area contributed by atoms with Crippen molar-refractivity contribution in [1.29, 1.82) is 0 Å². The fourth-order valence-corrected chi connectivity index (χ4v) is 2.88. The van der Waals surface area contributed by atoms with Crippen molar-refractivity contribution in [2.75, 3.05) is 19.5 Å². The first-order chi connectivity index (χ1) is 9.55. The molecule has 0 saturated carbocycles. The van der Waals surface area contributed by atoms with Gasteiger partial charge < -0.3 is 14.8 Å². The predicted octanol–water partition coefficient (Wildman–Crippen LogP) is 4.10. The van der Waals surface area contributed by atoms with Crippen LogP contribution in [0.25, 0.3) is 0 Å². The number of hydrogen-bond donors (Lipinski definition) is 1. The van der Waals surface area contributed by atoms with E-state index in [1.807, 2.05) is 12.1 Å². The van der Waals surface area contributed by atoms with Crippen molar-refractivity contribution >= 4 is 55.7 Å². The number of benzene rings is 1. The SMILES string of the molecule is COC(=O)c1sc(Nc2cc(OC)ccc2Br)nc1Cl. The van der Waals surface area contributed by atoms with Gasteiger partial charge in [-0.2, -0.15) is 0 Å². The Hall–Kier alpha value is -1.31. The first-order valence-corrected chi connectivity index (χ1v) is 7.39. The molecule has 0 aliphatic heterocycles. The Balaban J connectivity index is 2.28. The van der Waals surface area contributed by atoms with Gasteiger partial charge in [-0.1, -0.05) is 22.9 Å². The van der Waals surface area contributed by atoms with Gasteiger partial charge >= 0.3 is 5.97 Å². The summed E-state index contributed by atoms with van der Waals surface area (Å²) in [5, 5.41) is 3.68. The molecule has 0 unspecified atom stereocenters. The van der Waals surface area contributed by atoms with E-state index in [0.29, 0.717) is 10.9 Å². The number of anilines is 2. The number of esters is 1. The molecule has 1 N–H and O–H groups in total. The molecule has 2 aromatic rings. The maximum Gasteiger partial charge on any atom is 0.351 e. The second-order valence-corrected chi connectivity index (χ2v) is 5.81. The van der Waals surface area contributed by atoms with Crippen molar-refractivity contribution in [1.82, 2.24) is 4.98 Å². The third kappa shape index (κ3) is 3.23. The highest BCUT2D eigenvalue weighted by Gasteiger charge is 2.17. The number of carbonyl (C=O) groups excluding carboxylic acids is 1. The van der Waals surface area contributed by atoms with Crippen LogP contribution in [-0.2, 0) is 4.74 Å². The van der Waals surface area contributed by atoms with Crippen molar-refractivity contribution < 1.29 is 14.3 Å². The monoisotopic (exact) mass is 376 g/mol. The van der Waals surface area contributed by atoms with E-state index in [1.54, 1.807) is 13.2 Å². The van der Waals surface area contributed by atoms with E-state index in [2.05, 4.69) is 31.0 Å². The molecule has 106 valence electrons. The Morgan fingerprint density at radius 1 is 1.45 bits per heavy atom. The minimum atomic E-state index is -0.509. The molecular weight excluding hydrogens is 368 g/mol. The number of nitrogens with zero attached hydrogens (tertiary/aromatic N) is 1. The highest BCUT2D eigenvalue weighted by atomic mass is 79.9. The molecule has 5 nitrogen and oxygen atoms in total. The number of carbonyl (C=O) groups is 1. The highest BCUT2D eigenvalue weighted by Crippen LogP contribution is 2.34. The van der Waals surface area contributed by atoms with Crippen LogP contribution in [0.3, 0.4) is 0 Å². The van der Waals surface area contributed by atoms with Crippen LogP contribution < -0.4 is 10.1 Å². The van der Waals surface area contributed by atoms with E-state index in [-0.39, 0.29) is 10.0 Å². The molecule has 0 radical (unpaired) electrons. The van der Waals surface area contributed by atoms with Gasteiger partial charge in [0.2, 0.25) is 0 Å².